The van der Waals surface area contributed by atoms with Gasteiger partial charge in [0.05, 0.1) is 8.07 Å². The Morgan fingerprint density at radius 3 is 1.40 bits per heavy atom. The first-order chi connectivity index (χ1) is 4.54. The summed E-state index contributed by atoms with van der Waals surface area (Å²) in [6, 6.07) is 0. The predicted molar refractivity (Wildman–Crippen MR) is 47.3 cm³/mol. The van der Waals surface area contributed by atoms with Crippen LogP contribution in [0.25, 0.3) is 0 Å². The minimum atomic E-state index is -1.10. The van der Waals surface area contributed by atoms with Crippen molar-refractivity contribution in [3.05, 3.63) is 0 Å². The summed E-state index contributed by atoms with van der Waals surface area (Å²) in [5.41, 5.74) is 10.8. The van der Waals surface area contributed by atoms with E-state index in [0.29, 0.717) is 0 Å². The van der Waals surface area contributed by atoms with Crippen LogP contribution in [0.1, 0.15) is 0 Å². The summed E-state index contributed by atoms with van der Waals surface area (Å²) in [4.78, 5) is 0. The van der Waals surface area contributed by atoms with Crippen molar-refractivity contribution in [1.29, 1.82) is 0 Å². The van der Waals surface area contributed by atoms with Gasteiger partial charge in [-0.2, -0.15) is 0 Å². The standard InChI is InChI=1S/C4H14N2Si.2ClH.Pt/c1-7(2,3-5)4-6;;;/h3-6H2,1-2H3;2*1H;/q;;;+2/p-2. The summed E-state index contributed by atoms with van der Waals surface area (Å²) in [6.07, 6.45) is 1.62. The van der Waals surface area contributed by atoms with Crippen molar-refractivity contribution >= 4 is 26.9 Å². The predicted octanol–water partition coefficient (Wildman–Crippen LogP) is 1.07. The summed E-state index contributed by atoms with van der Waals surface area (Å²) in [5, 5.41) is 0. The summed E-state index contributed by atoms with van der Waals surface area (Å²) in [6.45, 7) is 4.38. The van der Waals surface area contributed by atoms with E-state index in [2.05, 4.69) is 13.1 Å². The van der Waals surface area contributed by atoms with Crippen molar-refractivity contribution in [3.63, 3.8) is 0 Å². The SMILES string of the molecule is C[Si](C)(CN)CN.[Cl][Pt][Cl]. The average Bonchev–Trinajstić information content (AvgIpc) is 1.90. The zero-order valence-electron chi connectivity index (χ0n) is 6.14. The monoisotopic (exact) mass is 383 g/mol. The van der Waals surface area contributed by atoms with E-state index in [-0.39, 0.29) is 0 Å². The summed E-state index contributed by atoms with van der Waals surface area (Å²) < 4.78 is 0. The molecule has 0 aliphatic carbocycles. The molecule has 0 atom stereocenters. The number of rotatable bonds is 2. The first kappa shape index (κ1) is 14.0. The molecule has 0 aromatic rings. The normalized spacial score (nSPS) is 10.6. The second kappa shape index (κ2) is 8.50. The van der Waals surface area contributed by atoms with E-state index >= 15 is 0 Å². The second-order valence-corrected chi connectivity index (χ2v) is 11.0. The Morgan fingerprint density at radius 1 is 1.20 bits per heavy atom. The Morgan fingerprint density at radius 2 is 1.40 bits per heavy atom. The summed E-state index contributed by atoms with van der Waals surface area (Å²) in [7, 11) is 8.65. The van der Waals surface area contributed by atoms with Gasteiger partial charge in [-0.3, -0.25) is 0 Å². The van der Waals surface area contributed by atoms with Gasteiger partial charge in [0.1, 0.15) is 0 Å². The Balaban J connectivity index is 0. The van der Waals surface area contributed by atoms with Crippen LogP contribution in [0.3, 0.4) is 0 Å². The first-order valence-corrected chi connectivity index (χ1v) is 11.8. The molecular weight excluding hydrogens is 370 g/mol. The van der Waals surface area contributed by atoms with E-state index in [9.17, 15) is 0 Å². The van der Waals surface area contributed by atoms with Gasteiger partial charge in [0.2, 0.25) is 0 Å². The van der Waals surface area contributed by atoms with Gasteiger partial charge in [-0.15, -0.1) is 0 Å². The molecule has 0 fully saturated rings. The topological polar surface area (TPSA) is 52.0 Å². The molecule has 0 aromatic carbocycles. The Kier molecular flexibility index (Phi) is 11.9. The van der Waals surface area contributed by atoms with E-state index in [0.717, 1.165) is 12.3 Å². The fourth-order valence-corrected chi connectivity index (χ4v) is 0.250. The van der Waals surface area contributed by atoms with E-state index < -0.39 is 24.6 Å². The Hall–Kier alpha value is 1.41. The molecule has 10 heavy (non-hydrogen) atoms. The fourth-order valence-electron chi connectivity index (χ4n) is 0.0833. The molecule has 2 nitrogen and oxygen atoms in total. The van der Waals surface area contributed by atoms with Gasteiger partial charge in [0, 0.05) is 0 Å². The van der Waals surface area contributed by atoms with Crippen LogP contribution in [-0.2, 0) is 16.5 Å². The van der Waals surface area contributed by atoms with Crippen molar-refractivity contribution in [1.82, 2.24) is 0 Å². The average molecular weight is 384 g/mol. The van der Waals surface area contributed by atoms with Gasteiger partial charge in [-0.25, -0.2) is 0 Å². The van der Waals surface area contributed by atoms with Crippen molar-refractivity contribution in [2.24, 2.45) is 11.5 Å². The molecule has 0 spiro atoms. The van der Waals surface area contributed by atoms with E-state index in [1.165, 1.54) is 0 Å². The van der Waals surface area contributed by atoms with Crippen molar-refractivity contribution in [3.8, 4) is 0 Å². The quantitative estimate of drug-likeness (QED) is 0.700. The summed E-state index contributed by atoms with van der Waals surface area (Å²) >= 11 is -0.472. The molecule has 0 heterocycles. The van der Waals surface area contributed by atoms with Crippen LogP contribution in [0.2, 0.25) is 13.1 Å². The number of nitrogens with two attached hydrogens (primary N) is 2. The first-order valence-electron chi connectivity index (χ1n) is 2.76. The molecular formula is C4H14Cl2N2PtSi. The zero-order chi connectivity index (χ0) is 8.62. The van der Waals surface area contributed by atoms with E-state index in [1.807, 2.05) is 0 Å². The van der Waals surface area contributed by atoms with Gasteiger partial charge in [0.25, 0.3) is 0 Å². The van der Waals surface area contributed by atoms with Crippen LogP contribution in [0, 0.1) is 0 Å². The van der Waals surface area contributed by atoms with Crippen molar-refractivity contribution in [2.45, 2.75) is 13.1 Å². The maximum absolute atomic E-state index is 5.40. The van der Waals surface area contributed by atoms with Gasteiger partial charge in [0.15, 0.2) is 0 Å². The Bertz CT molecular complexity index is 68.3. The number of hydrogen-bond donors (Lipinski definition) is 2. The molecule has 68 valence electrons. The third kappa shape index (κ3) is 12.1. The number of hydrogen-bond acceptors (Lipinski definition) is 2. The van der Waals surface area contributed by atoms with Gasteiger partial charge in [-0.05, 0) is 12.3 Å². The molecule has 0 aliphatic rings. The second-order valence-electron chi connectivity index (χ2n) is 2.62. The van der Waals surface area contributed by atoms with Crippen LogP contribution in [0.5, 0.6) is 0 Å². The third-order valence-corrected chi connectivity index (χ3v) is 3.32. The molecule has 6 heteroatoms. The Labute approximate surface area is 80.0 Å². The number of halogens is 2. The molecule has 4 N–H and O–H groups in total. The minimum absolute atomic E-state index is 0.472. The van der Waals surface area contributed by atoms with Crippen LogP contribution >= 0.6 is 18.8 Å². The molecule has 0 saturated heterocycles. The van der Waals surface area contributed by atoms with Gasteiger partial charge in [-0.1, -0.05) is 13.1 Å². The third-order valence-electron chi connectivity index (χ3n) is 1.11. The van der Waals surface area contributed by atoms with Crippen LogP contribution in [-0.4, -0.2) is 20.4 Å². The van der Waals surface area contributed by atoms with Crippen LogP contribution in [0.4, 0.5) is 0 Å². The molecule has 0 aromatic heterocycles. The van der Waals surface area contributed by atoms with Crippen LogP contribution < -0.4 is 11.5 Å². The van der Waals surface area contributed by atoms with Gasteiger partial charge >= 0.3 is 35.3 Å². The maximum atomic E-state index is 5.40. The van der Waals surface area contributed by atoms with E-state index in [4.69, 9.17) is 30.3 Å². The molecule has 0 saturated carbocycles. The molecule has 0 aliphatic heterocycles. The van der Waals surface area contributed by atoms with Crippen LogP contribution in [0.15, 0.2) is 0 Å². The van der Waals surface area contributed by atoms with Gasteiger partial charge < -0.3 is 11.5 Å². The van der Waals surface area contributed by atoms with Crippen molar-refractivity contribution in [2.75, 3.05) is 12.3 Å². The van der Waals surface area contributed by atoms with Crippen molar-refractivity contribution < 1.29 is 16.5 Å². The zero-order valence-corrected chi connectivity index (χ0v) is 10.9. The van der Waals surface area contributed by atoms with E-state index in [1.54, 1.807) is 0 Å². The molecule has 0 unspecified atom stereocenters. The molecule has 0 radical (unpaired) electrons. The molecule has 0 amide bonds. The summed E-state index contributed by atoms with van der Waals surface area (Å²) in [5.74, 6) is 0. The molecule has 0 rings (SSSR count). The fraction of sp³-hybridized carbons (Fsp3) is 1.00. The molecule has 0 bridgehead atoms.